The Hall–Kier alpha value is -3.49. The average molecular weight is 338 g/mol. The van der Waals surface area contributed by atoms with Crippen LogP contribution >= 0.6 is 0 Å². The van der Waals surface area contributed by atoms with Crippen molar-refractivity contribution in [3.8, 4) is 0 Å². The first-order valence-corrected chi connectivity index (χ1v) is 7.68. The predicted molar refractivity (Wildman–Crippen MR) is 89.2 cm³/mol. The van der Waals surface area contributed by atoms with E-state index in [9.17, 15) is 9.59 Å². The lowest BCUT2D eigenvalue weighted by atomic mass is 10.2. The van der Waals surface area contributed by atoms with Gasteiger partial charge in [-0.15, -0.1) is 5.10 Å². The predicted octanol–water partition coefficient (Wildman–Crippen LogP) is 1.37. The van der Waals surface area contributed by atoms with Crippen LogP contribution in [0, 0.1) is 6.92 Å². The van der Waals surface area contributed by atoms with E-state index >= 15 is 0 Å². The van der Waals surface area contributed by atoms with Gasteiger partial charge >= 0.3 is 5.69 Å². The van der Waals surface area contributed by atoms with Crippen molar-refractivity contribution in [2.24, 2.45) is 0 Å². The number of hydrogen-bond acceptors (Lipinski definition) is 6. The molecule has 0 aliphatic carbocycles. The normalized spacial score (nSPS) is 11.2. The van der Waals surface area contributed by atoms with Crippen molar-refractivity contribution >= 4 is 28.3 Å². The SMILES string of the molecule is Cc1noc2ncc(NC(=O)CCn3nc4ccccn4c3=O)cc12. The molecule has 0 aromatic carbocycles. The maximum absolute atomic E-state index is 12.2. The van der Waals surface area contributed by atoms with Crippen molar-refractivity contribution in [2.75, 3.05) is 5.32 Å². The van der Waals surface area contributed by atoms with Gasteiger partial charge in [-0.3, -0.25) is 9.20 Å². The summed E-state index contributed by atoms with van der Waals surface area (Å²) in [7, 11) is 0. The van der Waals surface area contributed by atoms with E-state index in [2.05, 4.69) is 20.6 Å². The smallest absolute Gasteiger partial charge is 0.336 e. The molecule has 0 atom stereocenters. The molecule has 0 fully saturated rings. The summed E-state index contributed by atoms with van der Waals surface area (Å²) in [6, 6.07) is 7.04. The Bertz CT molecular complexity index is 1140. The van der Waals surface area contributed by atoms with Crippen LogP contribution in [0.25, 0.3) is 16.7 Å². The monoisotopic (exact) mass is 338 g/mol. The van der Waals surface area contributed by atoms with Gasteiger partial charge in [-0.2, -0.15) is 0 Å². The largest absolute Gasteiger partial charge is 0.350 e. The van der Waals surface area contributed by atoms with E-state index < -0.39 is 0 Å². The summed E-state index contributed by atoms with van der Waals surface area (Å²) in [5, 5.41) is 11.5. The summed E-state index contributed by atoms with van der Waals surface area (Å²) < 4.78 is 7.75. The second-order valence-electron chi connectivity index (χ2n) is 5.58. The lowest BCUT2D eigenvalue weighted by molar-refractivity contribution is -0.116. The number of pyridine rings is 2. The minimum atomic E-state index is -0.272. The lowest BCUT2D eigenvalue weighted by Gasteiger charge is -2.04. The van der Waals surface area contributed by atoms with Crippen LogP contribution < -0.4 is 11.0 Å². The third-order valence-electron chi connectivity index (χ3n) is 3.83. The standard InChI is InChI=1S/C16H14N6O3/c1-10-12-8-11(9-17-15(12)25-20-10)18-14(23)5-7-22-16(24)21-6-3-2-4-13(21)19-22/h2-4,6,8-9H,5,7H2,1H3,(H,18,23). The third kappa shape index (κ3) is 2.75. The van der Waals surface area contributed by atoms with E-state index in [1.165, 1.54) is 15.3 Å². The highest BCUT2D eigenvalue weighted by Crippen LogP contribution is 2.19. The molecule has 0 bridgehead atoms. The van der Waals surface area contributed by atoms with Crippen molar-refractivity contribution in [1.82, 2.24) is 24.3 Å². The molecule has 0 unspecified atom stereocenters. The van der Waals surface area contributed by atoms with Crippen LogP contribution in [0.3, 0.4) is 0 Å². The van der Waals surface area contributed by atoms with E-state index in [4.69, 9.17) is 4.52 Å². The zero-order valence-electron chi connectivity index (χ0n) is 13.3. The Morgan fingerprint density at radius 3 is 3.08 bits per heavy atom. The molecule has 0 spiro atoms. The number of amides is 1. The zero-order chi connectivity index (χ0) is 17.4. The molecule has 0 saturated heterocycles. The van der Waals surface area contributed by atoms with Crippen molar-refractivity contribution in [2.45, 2.75) is 19.9 Å². The van der Waals surface area contributed by atoms with Crippen LogP contribution in [0.2, 0.25) is 0 Å². The van der Waals surface area contributed by atoms with Gasteiger partial charge in [0.05, 0.1) is 29.5 Å². The van der Waals surface area contributed by atoms with Gasteiger partial charge in [0, 0.05) is 12.6 Å². The van der Waals surface area contributed by atoms with E-state index in [-0.39, 0.29) is 24.6 Å². The molecular formula is C16H14N6O3. The van der Waals surface area contributed by atoms with Gasteiger partial charge in [0.25, 0.3) is 5.71 Å². The zero-order valence-corrected chi connectivity index (χ0v) is 13.3. The first kappa shape index (κ1) is 15.1. The van der Waals surface area contributed by atoms with Gasteiger partial charge in [-0.1, -0.05) is 11.2 Å². The maximum Gasteiger partial charge on any atom is 0.350 e. The quantitative estimate of drug-likeness (QED) is 0.602. The maximum atomic E-state index is 12.2. The number of carbonyl (C=O) groups excluding carboxylic acids is 1. The number of aryl methyl sites for hydroxylation is 2. The number of nitrogens with one attached hydrogen (secondary N) is 1. The Kier molecular flexibility index (Phi) is 3.53. The molecule has 4 aromatic rings. The van der Waals surface area contributed by atoms with Gasteiger partial charge in [0.2, 0.25) is 5.91 Å². The highest BCUT2D eigenvalue weighted by molar-refractivity contribution is 5.92. The molecule has 1 N–H and O–H groups in total. The minimum absolute atomic E-state index is 0.116. The molecule has 0 aliphatic rings. The van der Waals surface area contributed by atoms with Gasteiger partial charge in [-0.05, 0) is 25.1 Å². The molecule has 4 aromatic heterocycles. The van der Waals surface area contributed by atoms with Crippen LogP contribution in [0.1, 0.15) is 12.1 Å². The molecule has 25 heavy (non-hydrogen) atoms. The van der Waals surface area contributed by atoms with Gasteiger partial charge < -0.3 is 9.84 Å². The number of aromatic nitrogens is 5. The molecule has 9 nitrogen and oxygen atoms in total. The Labute approximate surface area is 140 Å². The highest BCUT2D eigenvalue weighted by Gasteiger charge is 2.11. The number of fused-ring (bicyclic) bond motifs is 2. The van der Waals surface area contributed by atoms with Crippen molar-refractivity contribution in [3.63, 3.8) is 0 Å². The summed E-state index contributed by atoms with van der Waals surface area (Å²) >= 11 is 0. The average Bonchev–Trinajstić information content (AvgIpc) is 3.14. The second kappa shape index (κ2) is 5.86. The number of nitrogens with zero attached hydrogens (tertiary/aromatic N) is 5. The minimum Gasteiger partial charge on any atom is -0.336 e. The number of rotatable bonds is 4. The summed E-state index contributed by atoms with van der Waals surface area (Å²) in [6.45, 7) is 1.99. The summed E-state index contributed by atoms with van der Waals surface area (Å²) in [5.74, 6) is -0.237. The number of hydrogen-bond donors (Lipinski definition) is 1. The topological polar surface area (TPSA) is 107 Å². The Balaban J connectivity index is 1.46. The van der Waals surface area contributed by atoms with Crippen LogP contribution in [-0.2, 0) is 11.3 Å². The summed E-state index contributed by atoms with van der Waals surface area (Å²) in [5.41, 5.74) is 1.95. The molecular weight excluding hydrogens is 324 g/mol. The first-order chi connectivity index (χ1) is 12.1. The lowest BCUT2D eigenvalue weighted by Crippen LogP contribution is -2.24. The summed E-state index contributed by atoms with van der Waals surface area (Å²) in [6.07, 6.45) is 3.26. The molecule has 0 aliphatic heterocycles. The van der Waals surface area contributed by atoms with Crippen molar-refractivity contribution in [1.29, 1.82) is 0 Å². The van der Waals surface area contributed by atoms with Crippen LogP contribution in [0.4, 0.5) is 5.69 Å². The number of anilines is 1. The Morgan fingerprint density at radius 1 is 1.36 bits per heavy atom. The fraction of sp³-hybridized carbons (Fsp3) is 0.188. The van der Waals surface area contributed by atoms with Gasteiger partial charge in [-0.25, -0.2) is 14.5 Å². The van der Waals surface area contributed by atoms with Crippen molar-refractivity contribution < 1.29 is 9.32 Å². The van der Waals surface area contributed by atoms with Gasteiger partial charge in [0.1, 0.15) is 0 Å². The fourth-order valence-electron chi connectivity index (χ4n) is 2.56. The summed E-state index contributed by atoms with van der Waals surface area (Å²) in [4.78, 5) is 28.4. The second-order valence-corrected chi connectivity index (χ2v) is 5.58. The van der Waals surface area contributed by atoms with E-state index in [0.717, 1.165) is 5.39 Å². The van der Waals surface area contributed by atoms with E-state index in [1.54, 1.807) is 37.4 Å². The fourth-order valence-corrected chi connectivity index (χ4v) is 2.56. The van der Waals surface area contributed by atoms with Crippen molar-refractivity contribution in [3.05, 3.63) is 52.8 Å². The van der Waals surface area contributed by atoms with Crippen LogP contribution in [0.15, 0.2) is 46.0 Å². The number of carbonyl (C=O) groups is 1. The van der Waals surface area contributed by atoms with Crippen LogP contribution in [-0.4, -0.2) is 30.2 Å². The molecule has 9 heteroatoms. The first-order valence-electron chi connectivity index (χ1n) is 7.68. The Morgan fingerprint density at radius 2 is 2.24 bits per heavy atom. The molecule has 1 amide bonds. The van der Waals surface area contributed by atoms with E-state index in [0.29, 0.717) is 22.7 Å². The van der Waals surface area contributed by atoms with E-state index in [1.807, 2.05) is 0 Å². The molecule has 126 valence electrons. The molecule has 4 heterocycles. The third-order valence-corrected chi connectivity index (χ3v) is 3.83. The highest BCUT2D eigenvalue weighted by atomic mass is 16.5. The molecule has 0 saturated carbocycles. The molecule has 0 radical (unpaired) electrons. The van der Waals surface area contributed by atoms with Gasteiger partial charge in [0.15, 0.2) is 5.65 Å². The van der Waals surface area contributed by atoms with Crippen LogP contribution in [0.5, 0.6) is 0 Å². The molecule has 4 rings (SSSR count).